The van der Waals surface area contributed by atoms with Gasteiger partial charge in [-0.3, -0.25) is 19.6 Å². The summed E-state index contributed by atoms with van der Waals surface area (Å²) in [6.45, 7) is 0. The monoisotopic (exact) mass is 481 g/mol. The first kappa shape index (κ1) is 28.2. The molecule has 0 saturated carbocycles. The van der Waals surface area contributed by atoms with E-state index in [4.69, 9.17) is 31.6 Å². The van der Waals surface area contributed by atoms with Gasteiger partial charge in [0.05, 0.1) is 33.6 Å². The summed E-state index contributed by atoms with van der Waals surface area (Å²) in [5, 5.41) is 44.1. The van der Waals surface area contributed by atoms with Crippen LogP contribution in [0.5, 0.6) is 0 Å². The van der Waals surface area contributed by atoms with Crippen molar-refractivity contribution < 1.29 is 34.5 Å². The minimum Gasteiger partial charge on any atom is -0.481 e. The lowest BCUT2D eigenvalue weighted by molar-refractivity contribution is -0.137. The fourth-order valence-electron chi connectivity index (χ4n) is 2.82. The zero-order chi connectivity index (χ0) is 26.4. The van der Waals surface area contributed by atoms with Crippen molar-refractivity contribution in [3.8, 4) is 23.5 Å². The van der Waals surface area contributed by atoms with Crippen LogP contribution in [0.1, 0.15) is 76.8 Å². The summed E-state index contributed by atoms with van der Waals surface area (Å²) in [4.78, 5) is 50.1. The molecular weight excluding hydrogens is 458 g/mol. The number of aliphatic carboxylic acids is 1. The van der Waals surface area contributed by atoms with E-state index >= 15 is 0 Å². The Labute approximate surface area is 200 Å². The van der Waals surface area contributed by atoms with Gasteiger partial charge in [-0.1, -0.05) is 19.3 Å². The Morgan fingerprint density at radius 1 is 0.743 bits per heavy atom. The van der Waals surface area contributed by atoms with Crippen LogP contribution in [0.15, 0.2) is 24.5 Å². The summed E-state index contributed by atoms with van der Waals surface area (Å²) in [7, 11) is 0. The van der Waals surface area contributed by atoms with Gasteiger partial charge in [-0.2, -0.15) is 10.5 Å². The number of pyridine rings is 2. The van der Waals surface area contributed by atoms with Gasteiger partial charge in [0.15, 0.2) is 0 Å². The van der Waals surface area contributed by atoms with Crippen molar-refractivity contribution in [2.45, 2.75) is 44.9 Å². The fraction of sp³-hybridized carbons (Fsp3) is 0.304. The van der Waals surface area contributed by atoms with Crippen LogP contribution >= 0.6 is 0 Å². The molecule has 0 radical (unpaired) electrons. The molecule has 12 nitrogen and oxygen atoms in total. The number of nitriles is 2. The van der Waals surface area contributed by atoms with Gasteiger partial charge in [0.2, 0.25) is 5.91 Å². The summed E-state index contributed by atoms with van der Waals surface area (Å²) < 4.78 is 0. The van der Waals surface area contributed by atoms with Crippen LogP contribution in [-0.2, 0) is 9.59 Å². The molecule has 0 fully saturated rings. The van der Waals surface area contributed by atoms with Crippen molar-refractivity contribution in [3.63, 3.8) is 0 Å². The summed E-state index contributed by atoms with van der Waals surface area (Å²) in [5.41, 5.74) is 4.55. The highest BCUT2D eigenvalue weighted by Crippen LogP contribution is 2.20. The number of aromatic nitrogens is 2. The number of nitrogens with two attached hydrogens (primary N) is 1. The van der Waals surface area contributed by atoms with Crippen molar-refractivity contribution in [1.82, 2.24) is 9.97 Å². The third-order valence-corrected chi connectivity index (χ3v) is 4.59. The normalized spacial score (nSPS) is 9.66. The highest BCUT2D eigenvalue weighted by atomic mass is 16.4. The summed E-state index contributed by atoms with van der Waals surface area (Å²) in [6, 6.07) is 5.91. The number of carbonyl (C=O) groups excluding carboxylic acids is 1. The molecule has 0 aromatic carbocycles. The van der Waals surface area contributed by atoms with Crippen molar-refractivity contribution in [2.24, 2.45) is 5.73 Å². The maximum atomic E-state index is 10.9. The lowest BCUT2D eigenvalue weighted by atomic mass is 10.1. The zero-order valence-electron chi connectivity index (χ0n) is 18.6. The molecule has 0 unspecified atom stereocenters. The van der Waals surface area contributed by atoms with Crippen LogP contribution in [0.2, 0.25) is 0 Å². The molecule has 0 aliphatic rings. The second-order valence-electron chi connectivity index (χ2n) is 7.19. The van der Waals surface area contributed by atoms with Crippen LogP contribution in [0, 0.1) is 22.7 Å². The van der Waals surface area contributed by atoms with Gasteiger partial charge in [-0.25, -0.2) is 9.59 Å². The predicted molar refractivity (Wildman–Crippen MR) is 120 cm³/mol. The van der Waals surface area contributed by atoms with E-state index in [9.17, 15) is 19.2 Å². The van der Waals surface area contributed by atoms with Crippen molar-refractivity contribution in [1.29, 1.82) is 10.5 Å². The molecule has 35 heavy (non-hydrogen) atoms. The summed E-state index contributed by atoms with van der Waals surface area (Å²) >= 11 is 0. The number of carboxylic acid groups (broad SMARTS) is 3. The minimum absolute atomic E-state index is 0.111. The van der Waals surface area contributed by atoms with E-state index in [-0.39, 0.29) is 46.0 Å². The van der Waals surface area contributed by atoms with E-state index in [0.717, 1.165) is 44.5 Å². The Balaban J connectivity index is 0.000000405. The van der Waals surface area contributed by atoms with Crippen LogP contribution in [0.3, 0.4) is 0 Å². The summed E-state index contributed by atoms with van der Waals surface area (Å²) in [5.74, 6) is -3.58. The van der Waals surface area contributed by atoms with Crippen LogP contribution in [0.4, 0.5) is 0 Å². The molecule has 2 heterocycles. The molecule has 182 valence electrons. The highest BCUT2D eigenvalue weighted by Gasteiger charge is 2.16. The second-order valence-corrected chi connectivity index (χ2v) is 7.19. The van der Waals surface area contributed by atoms with E-state index in [2.05, 4.69) is 9.97 Å². The lowest BCUT2D eigenvalue weighted by Gasteiger charge is -2.04. The zero-order valence-corrected chi connectivity index (χ0v) is 18.6. The Bertz CT molecular complexity index is 1090. The summed E-state index contributed by atoms with van der Waals surface area (Å²) in [6.07, 6.45) is 7.13. The lowest BCUT2D eigenvalue weighted by Crippen LogP contribution is -2.09. The Morgan fingerprint density at radius 2 is 1.14 bits per heavy atom. The standard InChI is InChI=1S/C14H6N4O4.C9H17NO3/c15-3-7-1-11(17-5-9(7)13(19)20)12-2-8(4-16)10(6-18-12)14(21)22;10-8(11)6-4-2-1-3-5-7-9(12)13/h1-2,5-6H,(H,19,20)(H,21,22);1-7H2,(H2,10,11)(H,12,13). The first-order chi connectivity index (χ1) is 16.6. The largest absolute Gasteiger partial charge is 0.481 e. The number of carboxylic acids is 3. The first-order valence-electron chi connectivity index (χ1n) is 10.4. The molecule has 1 amide bonds. The number of rotatable bonds is 11. The maximum absolute atomic E-state index is 10.9. The van der Waals surface area contributed by atoms with Crippen LogP contribution in [0.25, 0.3) is 11.4 Å². The average Bonchev–Trinajstić information content (AvgIpc) is 2.82. The molecule has 2 aromatic heterocycles. The number of hydrogen-bond acceptors (Lipinski definition) is 8. The number of primary amides is 1. The van der Waals surface area contributed by atoms with Gasteiger partial charge in [-0.15, -0.1) is 0 Å². The quantitative estimate of drug-likeness (QED) is 0.341. The molecule has 0 spiro atoms. The Kier molecular flexibility index (Phi) is 11.5. The molecule has 2 aromatic rings. The molecule has 0 bridgehead atoms. The number of aromatic carboxylic acids is 2. The smallest absolute Gasteiger partial charge is 0.338 e. The Hall–Kier alpha value is -4.84. The van der Waals surface area contributed by atoms with Crippen molar-refractivity contribution >= 4 is 23.8 Å². The number of carbonyl (C=O) groups is 4. The molecule has 2 rings (SSSR count). The molecule has 12 heteroatoms. The van der Waals surface area contributed by atoms with Crippen LogP contribution in [-0.4, -0.2) is 49.1 Å². The number of unbranched alkanes of at least 4 members (excludes halogenated alkanes) is 4. The van der Waals surface area contributed by atoms with E-state index in [0.29, 0.717) is 6.42 Å². The third-order valence-electron chi connectivity index (χ3n) is 4.59. The molecule has 5 N–H and O–H groups in total. The minimum atomic E-state index is -1.29. The van der Waals surface area contributed by atoms with Crippen molar-refractivity contribution in [2.75, 3.05) is 0 Å². The molecule has 0 aliphatic carbocycles. The number of nitrogens with zero attached hydrogens (tertiary/aromatic N) is 4. The van der Waals surface area contributed by atoms with E-state index < -0.39 is 17.9 Å². The first-order valence-corrected chi connectivity index (χ1v) is 10.4. The molecule has 0 atom stereocenters. The molecular formula is C23H23N5O7. The van der Waals surface area contributed by atoms with Gasteiger partial charge in [0.1, 0.15) is 12.1 Å². The predicted octanol–water partition coefficient (Wildman–Crippen LogP) is 2.57. The topological polar surface area (TPSA) is 228 Å². The average molecular weight is 481 g/mol. The second kappa shape index (κ2) is 14.3. The van der Waals surface area contributed by atoms with E-state index in [1.165, 1.54) is 12.1 Å². The van der Waals surface area contributed by atoms with Gasteiger partial charge < -0.3 is 21.1 Å². The Morgan fingerprint density at radius 3 is 1.49 bits per heavy atom. The molecule has 0 aliphatic heterocycles. The highest BCUT2D eigenvalue weighted by molar-refractivity contribution is 5.92. The number of hydrogen-bond donors (Lipinski definition) is 4. The fourth-order valence-corrected chi connectivity index (χ4v) is 2.82. The van der Waals surface area contributed by atoms with E-state index in [1.807, 2.05) is 0 Å². The maximum Gasteiger partial charge on any atom is 0.338 e. The SMILES string of the molecule is N#Cc1cc(-c2cc(C#N)c(C(=O)O)cn2)ncc1C(=O)O.NC(=O)CCCCCCCC(=O)O. The van der Waals surface area contributed by atoms with Gasteiger partial charge in [-0.05, 0) is 25.0 Å². The third kappa shape index (κ3) is 9.67. The van der Waals surface area contributed by atoms with Gasteiger partial charge in [0.25, 0.3) is 0 Å². The van der Waals surface area contributed by atoms with Gasteiger partial charge >= 0.3 is 17.9 Å². The van der Waals surface area contributed by atoms with Crippen molar-refractivity contribution in [3.05, 3.63) is 46.8 Å². The van der Waals surface area contributed by atoms with Gasteiger partial charge in [0, 0.05) is 25.2 Å². The number of amides is 1. The van der Waals surface area contributed by atoms with E-state index in [1.54, 1.807) is 12.1 Å². The molecule has 0 saturated heterocycles. The van der Waals surface area contributed by atoms with Crippen LogP contribution < -0.4 is 5.73 Å².